The smallest absolute Gasteiger partial charge is 0.119 e. The fraction of sp³-hybridized carbons (Fsp3) is 0.200. The van der Waals surface area contributed by atoms with E-state index in [0.29, 0.717) is 6.04 Å². The number of ether oxygens (including phenoxy) is 1. The Morgan fingerprint density at radius 2 is 2.38 bits per heavy atom. The SMILES string of the molecule is COc1cccc(C2C=CSN2)c1. The summed E-state index contributed by atoms with van der Waals surface area (Å²) in [4.78, 5) is 0. The van der Waals surface area contributed by atoms with Crippen LogP contribution in [0.1, 0.15) is 11.6 Å². The topological polar surface area (TPSA) is 21.3 Å². The fourth-order valence-electron chi connectivity index (χ4n) is 1.28. The minimum Gasteiger partial charge on any atom is -0.497 e. The summed E-state index contributed by atoms with van der Waals surface area (Å²) in [6.45, 7) is 0. The van der Waals surface area contributed by atoms with E-state index in [-0.39, 0.29) is 0 Å². The van der Waals surface area contributed by atoms with E-state index < -0.39 is 0 Å². The number of methoxy groups -OCH3 is 1. The van der Waals surface area contributed by atoms with Crippen LogP contribution >= 0.6 is 11.9 Å². The summed E-state index contributed by atoms with van der Waals surface area (Å²) in [6, 6.07) is 8.42. The van der Waals surface area contributed by atoms with Crippen molar-refractivity contribution in [2.45, 2.75) is 6.04 Å². The van der Waals surface area contributed by atoms with Crippen LogP contribution in [0.15, 0.2) is 35.7 Å². The molecular formula is C10H11NOS. The first-order valence-electron chi connectivity index (χ1n) is 4.12. The highest BCUT2D eigenvalue weighted by Gasteiger charge is 2.11. The minimum absolute atomic E-state index is 0.320. The van der Waals surface area contributed by atoms with Crippen molar-refractivity contribution in [3.05, 3.63) is 41.3 Å². The molecule has 0 aromatic heterocycles. The zero-order valence-electron chi connectivity index (χ0n) is 7.36. The fourth-order valence-corrected chi connectivity index (χ4v) is 1.96. The average molecular weight is 193 g/mol. The number of rotatable bonds is 2. The molecule has 0 radical (unpaired) electrons. The summed E-state index contributed by atoms with van der Waals surface area (Å²) in [5, 5.41) is 2.06. The molecule has 1 aromatic carbocycles. The highest BCUT2D eigenvalue weighted by Crippen LogP contribution is 2.26. The summed E-state index contributed by atoms with van der Waals surface area (Å²) >= 11 is 1.62. The van der Waals surface area contributed by atoms with Crippen molar-refractivity contribution in [1.29, 1.82) is 0 Å². The molecule has 1 heterocycles. The van der Waals surface area contributed by atoms with Crippen molar-refractivity contribution in [1.82, 2.24) is 4.72 Å². The van der Waals surface area contributed by atoms with Crippen LogP contribution in [-0.2, 0) is 0 Å². The Kier molecular flexibility index (Phi) is 2.57. The van der Waals surface area contributed by atoms with Crippen molar-refractivity contribution in [3.8, 4) is 5.75 Å². The van der Waals surface area contributed by atoms with Gasteiger partial charge in [0.05, 0.1) is 13.2 Å². The van der Waals surface area contributed by atoms with E-state index in [1.54, 1.807) is 19.1 Å². The van der Waals surface area contributed by atoms with Crippen LogP contribution in [0, 0.1) is 0 Å². The van der Waals surface area contributed by atoms with E-state index in [9.17, 15) is 0 Å². The van der Waals surface area contributed by atoms with Gasteiger partial charge in [0.25, 0.3) is 0 Å². The molecule has 3 heteroatoms. The molecule has 2 rings (SSSR count). The van der Waals surface area contributed by atoms with E-state index in [0.717, 1.165) is 5.75 Å². The van der Waals surface area contributed by atoms with E-state index >= 15 is 0 Å². The number of hydrogen-bond acceptors (Lipinski definition) is 3. The summed E-state index contributed by atoms with van der Waals surface area (Å²) < 4.78 is 8.43. The molecule has 1 atom stereocenters. The molecule has 13 heavy (non-hydrogen) atoms. The maximum absolute atomic E-state index is 5.16. The predicted octanol–water partition coefficient (Wildman–Crippen LogP) is 2.50. The van der Waals surface area contributed by atoms with Gasteiger partial charge in [-0.25, -0.2) is 4.72 Å². The van der Waals surface area contributed by atoms with Gasteiger partial charge in [-0.2, -0.15) is 0 Å². The molecule has 0 amide bonds. The lowest BCUT2D eigenvalue weighted by molar-refractivity contribution is 0.414. The second-order valence-electron chi connectivity index (χ2n) is 2.82. The Balaban J connectivity index is 2.24. The molecule has 1 aliphatic heterocycles. The van der Waals surface area contributed by atoms with Crippen LogP contribution in [0.3, 0.4) is 0 Å². The molecule has 0 spiro atoms. The van der Waals surface area contributed by atoms with Gasteiger partial charge in [0.2, 0.25) is 0 Å². The van der Waals surface area contributed by atoms with E-state index in [1.807, 2.05) is 18.2 Å². The van der Waals surface area contributed by atoms with Crippen LogP contribution in [0.2, 0.25) is 0 Å². The zero-order chi connectivity index (χ0) is 9.10. The van der Waals surface area contributed by atoms with Crippen LogP contribution < -0.4 is 9.46 Å². The summed E-state index contributed by atoms with van der Waals surface area (Å²) in [5.41, 5.74) is 1.24. The molecule has 68 valence electrons. The van der Waals surface area contributed by atoms with Crippen LogP contribution in [0.4, 0.5) is 0 Å². The van der Waals surface area contributed by atoms with E-state index in [1.165, 1.54) is 5.56 Å². The van der Waals surface area contributed by atoms with Gasteiger partial charge in [-0.15, -0.1) is 0 Å². The number of benzene rings is 1. The molecular weight excluding hydrogens is 182 g/mol. The quantitative estimate of drug-likeness (QED) is 0.729. The molecule has 0 saturated heterocycles. The molecule has 0 bridgehead atoms. The summed E-state index contributed by atoms with van der Waals surface area (Å²) in [5.74, 6) is 0.907. The standard InChI is InChI=1S/C10H11NOS/c1-12-9-4-2-3-8(7-9)10-5-6-13-11-10/h2-7,10-11H,1H3. The van der Waals surface area contributed by atoms with Gasteiger partial charge in [-0.1, -0.05) is 30.2 Å². The third kappa shape index (κ3) is 1.87. The normalized spacial score (nSPS) is 20.5. The molecule has 0 fully saturated rings. The van der Waals surface area contributed by atoms with Crippen LogP contribution in [-0.4, -0.2) is 7.11 Å². The highest BCUT2D eigenvalue weighted by atomic mass is 32.2. The van der Waals surface area contributed by atoms with Gasteiger partial charge in [-0.3, -0.25) is 0 Å². The Bertz CT molecular complexity index is 324. The molecule has 1 aromatic rings. The van der Waals surface area contributed by atoms with Gasteiger partial charge in [0.15, 0.2) is 0 Å². The van der Waals surface area contributed by atoms with Crippen LogP contribution in [0.5, 0.6) is 5.75 Å². The monoisotopic (exact) mass is 193 g/mol. The summed E-state index contributed by atoms with van der Waals surface area (Å²) in [7, 11) is 1.69. The average Bonchev–Trinajstić information content (AvgIpc) is 2.71. The molecule has 1 N–H and O–H groups in total. The minimum atomic E-state index is 0.320. The van der Waals surface area contributed by atoms with Gasteiger partial charge in [0.1, 0.15) is 5.75 Å². The van der Waals surface area contributed by atoms with Crippen LogP contribution in [0.25, 0.3) is 0 Å². The first kappa shape index (κ1) is 8.66. The number of hydrogen-bond donors (Lipinski definition) is 1. The van der Waals surface area contributed by atoms with Crippen molar-refractivity contribution in [3.63, 3.8) is 0 Å². The summed E-state index contributed by atoms with van der Waals surface area (Å²) in [6.07, 6.45) is 2.14. The first-order chi connectivity index (χ1) is 6.40. The Labute approximate surface area is 82.1 Å². The molecule has 0 saturated carbocycles. The van der Waals surface area contributed by atoms with E-state index in [4.69, 9.17) is 4.74 Å². The third-order valence-electron chi connectivity index (χ3n) is 1.99. The third-order valence-corrected chi connectivity index (χ3v) is 2.67. The lowest BCUT2D eigenvalue weighted by Gasteiger charge is -2.09. The second kappa shape index (κ2) is 3.85. The van der Waals surface area contributed by atoms with Crippen molar-refractivity contribution >= 4 is 11.9 Å². The van der Waals surface area contributed by atoms with Gasteiger partial charge < -0.3 is 4.74 Å². The molecule has 1 aliphatic rings. The van der Waals surface area contributed by atoms with Gasteiger partial charge >= 0.3 is 0 Å². The zero-order valence-corrected chi connectivity index (χ0v) is 8.17. The predicted molar refractivity (Wildman–Crippen MR) is 55.6 cm³/mol. The van der Waals surface area contributed by atoms with Crippen molar-refractivity contribution in [2.75, 3.05) is 7.11 Å². The van der Waals surface area contributed by atoms with Gasteiger partial charge in [-0.05, 0) is 23.1 Å². The maximum Gasteiger partial charge on any atom is 0.119 e. The number of nitrogens with one attached hydrogen (secondary N) is 1. The lowest BCUT2D eigenvalue weighted by Crippen LogP contribution is -2.06. The second-order valence-corrected chi connectivity index (χ2v) is 3.56. The Morgan fingerprint density at radius 3 is 3.08 bits per heavy atom. The largest absolute Gasteiger partial charge is 0.497 e. The molecule has 1 unspecified atom stereocenters. The molecule has 0 aliphatic carbocycles. The van der Waals surface area contributed by atoms with E-state index in [2.05, 4.69) is 22.3 Å². The maximum atomic E-state index is 5.16. The first-order valence-corrected chi connectivity index (χ1v) is 5.00. The van der Waals surface area contributed by atoms with Crippen molar-refractivity contribution in [2.24, 2.45) is 0 Å². The van der Waals surface area contributed by atoms with Crippen molar-refractivity contribution < 1.29 is 4.74 Å². The Morgan fingerprint density at radius 1 is 1.46 bits per heavy atom. The van der Waals surface area contributed by atoms with Gasteiger partial charge in [0, 0.05) is 0 Å². The molecule has 2 nitrogen and oxygen atoms in total. The Hall–Kier alpha value is -0.930. The highest BCUT2D eigenvalue weighted by molar-refractivity contribution is 8.00. The lowest BCUT2D eigenvalue weighted by atomic mass is 10.1.